The monoisotopic (exact) mass is 578 g/mol. The maximum Gasteiger partial charge on any atom is 0.145 e. The molecule has 8 aromatic rings. The van der Waals surface area contributed by atoms with E-state index in [0.29, 0.717) is 0 Å². The minimum absolute atomic E-state index is 0.818. The molecule has 1 aliphatic heterocycles. The van der Waals surface area contributed by atoms with E-state index in [9.17, 15) is 0 Å². The highest BCUT2D eigenvalue weighted by Gasteiger charge is 2.22. The fourth-order valence-electron chi connectivity index (χ4n) is 6.47. The molecule has 5 aromatic carbocycles. The molecule has 0 amide bonds. The number of pyridine rings is 1. The smallest absolute Gasteiger partial charge is 0.145 e. The van der Waals surface area contributed by atoms with Crippen LogP contribution in [0.3, 0.4) is 0 Å². The summed E-state index contributed by atoms with van der Waals surface area (Å²) in [7, 11) is 0. The van der Waals surface area contributed by atoms with Gasteiger partial charge in [0, 0.05) is 45.1 Å². The first-order valence-electron chi connectivity index (χ1n) is 15.0. The van der Waals surface area contributed by atoms with Gasteiger partial charge in [0.25, 0.3) is 0 Å². The Hall–Kier alpha value is -6.13. The molecule has 3 aromatic heterocycles. The third-order valence-corrected chi connectivity index (χ3v) is 8.66. The Bertz CT molecular complexity index is 2510. The molecule has 0 aliphatic carbocycles. The van der Waals surface area contributed by atoms with Crippen LogP contribution in [0.25, 0.3) is 71.7 Å². The van der Waals surface area contributed by atoms with Gasteiger partial charge in [0.05, 0.1) is 17.6 Å². The summed E-state index contributed by atoms with van der Waals surface area (Å²) in [6.45, 7) is 4.45. The van der Waals surface area contributed by atoms with Crippen molar-refractivity contribution in [2.75, 3.05) is 4.90 Å². The lowest BCUT2D eigenvalue weighted by Crippen LogP contribution is -2.12. The van der Waals surface area contributed by atoms with Crippen molar-refractivity contribution in [2.45, 2.75) is 0 Å². The fourth-order valence-corrected chi connectivity index (χ4v) is 6.47. The number of nitrogens with zero attached hydrogens (tertiary/aromatic N) is 2. The Morgan fingerprint density at radius 1 is 0.556 bits per heavy atom. The number of para-hydroxylation sites is 1. The van der Waals surface area contributed by atoms with Crippen LogP contribution in [0.4, 0.5) is 11.4 Å². The highest BCUT2D eigenvalue weighted by atomic mass is 16.3. The van der Waals surface area contributed by atoms with Gasteiger partial charge in [-0.3, -0.25) is 4.98 Å². The van der Waals surface area contributed by atoms with Crippen LogP contribution in [0.1, 0.15) is 5.56 Å². The van der Waals surface area contributed by atoms with Gasteiger partial charge < -0.3 is 13.7 Å². The van der Waals surface area contributed by atoms with E-state index in [2.05, 4.69) is 102 Å². The summed E-state index contributed by atoms with van der Waals surface area (Å²) in [6, 6.07) is 37.8. The van der Waals surface area contributed by atoms with Crippen LogP contribution in [0.5, 0.6) is 0 Å². The number of aromatic nitrogens is 1. The number of allylic oxidation sites excluding steroid dienone is 4. The van der Waals surface area contributed by atoms with Crippen LogP contribution in [0.15, 0.2) is 161 Å². The van der Waals surface area contributed by atoms with Crippen LogP contribution in [0.2, 0.25) is 0 Å². The topological polar surface area (TPSA) is 42.4 Å². The van der Waals surface area contributed by atoms with Crippen LogP contribution in [-0.2, 0) is 0 Å². The Kier molecular flexibility index (Phi) is 5.62. The first-order chi connectivity index (χ1) is 22.2. The number of hydrogen-bond donors (Lipinski definition) is 0. The molecule has 0 radical (unpaired) electrons. The van der Waals surface area contributed by atoms with E-state index in [-0.39, 0.29) is 0 Å². The third-order valence-electron chi connectivity index (χ3n) is 8.66. The number of fused-ring (bicyclic) bond motifs is 8. The number of rotatable bonds is 3. The molecule has 1 aliphatic rings. The highest BCUT2D eigenvalue weighted by molar-refractivity contribution is 6.13. The van der Waals surface area contributed by atoms with Crippen LogP contribution in [-0.4, -0.2) is 4.98 Å². The van der Waals surface area contributed by atoms with Gasteiger partial charge in [0.2, 0.25) is 0 Å². The largest absolute Gasteiger partial charge is 0.456 e. The van der Waals surface area contributed by atoms with Gasteiger partial charge >= 0.3 is 0 Å². The Labute approximate surface area is 259 Å². The number of furan rings is 2. The van der Waals surface area contributed by atoms with Gasteiger partial charge in [-0.15, -0.1) is 0 Å². The second-order valence-electron chi connectivity index (χ2n) is 11.4. The van der Waals surface area contributed by atoms with Crippen LogP contribution >= 0.6 is 0 Å². The standard InChI is InChI=1S/C41H26N2O2/c1-26-9-7-8-20-43(31-21-30(24-42-25-31)27-10-3-2-4-11-27)36-17-16-33-35-23-29(15-19-39(35)45-41(33)40(26)36)28-14-18-38-34(22-28)32-12-5-6-13-37(32)44-38/h2-25H,1H2/b9-7-,20-8-. The van der Waals surface area contributed by atoms with Gasteiger partial charge in [-0.05, 0) is 76.9 Å². The summed E-state index contributed by atoms with van der Waals surface area (Å²) in [5.41, 5.74) is 11.7. The molecule has 0 saturated heterocycles. The molecule has 45 heavy (non-hydrogen) atoms. The van der Waals surface area contributed by atoms with Crippen LogP contribution < -0.4 is 4.90 Å². The van der Waals surface area contributed by atoms with Crippen molar-refractivity contribution in [3.05, 3.63) is 158 Å². The summed E-state index contributed by atoms with van der Waals surface area (Å²) >= 11 is 0. The summed E-state index contributed by atoms with van der Waals surface area (Å²) in [5.74, 6) is 0. The molecule has 4 nitrogen and oxygen atoms in total. The van der Waals surface area contributed by atoms with Gasteiger partial charge in [-0.2, -0.15) is 0 Å². The van der Waals surface area contributed by atoms with Crippen molar-refractivity contribution >= 4 is 60.8 Å². The van der Waals surface area contributed by atoms with E-state index in [1.807, 2.05) is 61.0 Å². The molecule has 0 N–H and O–H groups in total. The molecule has 4 heteroatoms. The molecule has 0 unspecified atom stereocenters. The van der Waals surface area contributed by atoms with E-state index in [4.69, 9.17) is 8.83 Å². The first-order valence-corrected chi connectivity index (χ1v) is 15.0. The quantitative estimate of drug-likeness (QED) is 0.209. The lowest BCUT2D eigenvalue weighted by Gasteiger charge is -2.25. The van der Waals surface area contributed by atoms with Crippen molar-refractivity contribution in [1.29, 1.82) is 0 Å². The molecule has 212 valence electrons. The predicted octanol–water partition coefficient (Wildman–Crippen LogP) is 11.4. The molecule has 0 saturated carbocycles. The predicted molar refractivity (Wildman–Crippen MR) is 186 cm³/mol. The third kappa shape index (κ3) is 4.11. The number of benzene rings is 5. The van der Waals surface area contributed by atoms with Crippen molar-refractivity contribution in [3.8, 4) is 22.3 Å². The maximum atomic E-state index is 6.63. The normalized spacial score (nSPS) is 14.6. The molecular formula is C41H26N2O2. The Morgan fingerprint density at radius 2 is 1.29 bits per heavy atom. The molecule has 4 heterocycles. The molecular weight excluding hydrogens is 552 g/mol. The lowest BCUT2D eigenvalue weighted by molar-refractivity contribution is 0.667. The molecule has 0 atom stereocenters. The molecule has 0 spiro atoms. The van der Waals surface area contributed by atoms with Crippen molar-refractivity contribution in [1.82, 2.24) is 4.98 Å². The molecule has 0 fully saturated rings. The summed E-state index contributed by atoms with van der Waals surface area (Å²) < 4.78 is 12.7. The van der Waals surface area contributed by atoms with Gasteiger partial charge in [-0.25, -0.2) is 0 Å². The maximum absolute atomic E-state index is 6.63. The Balaban J connectivity index is 1.19. The van der Waals surface area contributed by atoms with E-state index in [1.54, 1.807) is 0 Å². The van der Waals surface area contributed by atoms with E-state index in [1.165, 1.54) is 0 Å². The molecule has 9 rings (SSSR count). The number of anilines is 2. The lowest BCUT2D eigenvalue weighted by atomic mass is 9.97. The number of hydrogen-bond acceptors (Lipinski definition) is 4. The summed E-state index contributed by atoms with van der Waals surface area (Å²) in [6.07, 6.45) is 11.9. The SMILES string of the molecule is C=C1/C=C\C=C/N(c2cncc(-c3ccccc3)c2)c2ccc3c(oc4ccc(-c5ccc6oc7ccccc7c6c5)cc43)c21. The summed E-state index contributed by atoms with van der Waals surface area (Å²) in [4.78, 5) is 6.76. The van der Waals surface area contributed by atoms with E-state index >= 15 is 0 Å². The van der Waals surface area contributed by atoms with Crippen LogP contribution in [0, 0.1) is 0 Å². The Morgan fingerprint density at radius 3 is 2.13 bits per heavy atom. The zero-order valence-electron chi connectivity index (χ0n) is 24.3. The fraction of sp³-hybridized carbons (Fsp3) is 0. The first kappa shape index (κ1) is 25.4. The molecule has 0 bridgehead atoms. The minimum atomic E-state index is 0.818. The van der Waals surface area contributed by atoms with Crippen molar-refractivity contribution < 1.29 is 8.83 Å². The zero-order valence-corrected chi connectivity index (χ0v) is 24.3. The van der Waals surface area contributed by atoms with E-state index in [0.717, 1.165) is 88.6 Å². The average molecular weight is 579 g/mol. The van der Waals surface area contributed by atoms with Crippen molar-refractivity contribution in [2.24, 2.45) is 0 Å². The minimum Gasteiger partial charge on any atom is -0.456 e. The summed E-state index contributed by atoms with van der Waals surface area (Å²) in [5, 5.41) is 4.35. The van der Waals surface area contributed by atoms with Crippen molar-refractivity contribution in [3.63, 3.8) is 0 Å². The second-order valence-corrected chi connectivity index (χ2v) is 11.4. The highest BCUT2D eigenvalue weighted by Crippen LogP contribution is 2.43. The van der Waals surface area contributed by atoms with E-state index < -0.39 is 0 Å². The van der Waals surface area contributed by atoms with Gasteiger partial charge in [0.1, 0.15) is 22.3 Å². The average Bonchev–Trinajstić information content (AvgIpc) is 3.65. The van der Waals surface area contributed by atoms with Gasteiger partial charge in [-0.1, -0.05) is 79.4 Å². The zero-order chi connectivity index (χ0) is 29.9. The van der Waals surface area contributed by atoms with Gasteiger partial charge in [0.15, 0.2) is 0 Å². The second kappa shape index (κ2) is 9.97.